The van der Waals surface area contributed by atoms with Crippen molar-refractivity contribution < 1.29 is 4.79 Å². The molecule has 0 aliphatic heterocycles. The van der Waals surface area contributed by atoms with E-state index < -0.39 is 0 Å². The van der Waals surface area contributed by atoms with Crippen LogP contribution in [-0.4, -0.2) is 29.7 Å². The molecule has 0 fully saturated rings. The molecule has 0 atom stereocenters. The molecule has 1 aromatic carbocycles. The van der Waals surface area contributed by atoms with E-state index in [1.165, 1.54) is 10.7 Å². The lowest BCUT2D eigenvalue weighted by atomic mass is 10.1. The molecule has 0 amide bonds. The van der Waals surface area contributed by atoms with Crippen molar-refractivity contribution in [2.24, 2.45) is 0 Å². The Bertz CT molecular complexity index is 648. The standard InChI is InChI=1S/C15H17N3O2/c1-17(2)13-10-15(20)18(16-11-13)9-8-14(19)12-6-4-3-5-7-12/h3-7,10-11H,8-9H2,1-2H3. The smallest absolute Gasteiger partial charge is 0.268 e. The van der Waals surface area contributed by atoms with E-state index in [1.54, 1.807) is 18.3 Å². The normalized spacial score (nSPS) is 10.3. The zero-order valence-electron chi connectivity index (χ0n) is 11.6. The second-order valence-electron chi connectivity index (χ2n) is 4.71. The van der Waals surface area contributed by atoms with Crippen LogP contribution in [0.1, 0.15) is 16.8 Å². The lowest BCUT2D eigenvalue weighted by Crippen LogP contribution is -2.25. The first-order valence-corrected chi connectivity index (χ1v) is 6.40. The molecule has 20 heavy (non-hydrogen) atoms. The molecular formula is C15H17N3O2. The third-order valence-electron chi connectivity index (χ3n) is 3.02. The largest absolute Gasteiger partial charge is 0.376 e. The fourth-order valence-electron chi connectivity index (χ4n) is 1.81. The predicted molar refractivity (Wildman–Crippen MR) is 78.2 cm³/mol. The van der Waals surface area contributed by atoms with E-state index in [0.29, 0.717) is 12.1 Å². The van der Waals surface area contributed by atoms with Crippen LogP contribution in [0, 0.1) is 0 Å². The maximum atomic E-state index is 12.0. The third kappa shape index (κ3) is 3.32. The van der Waals surface area contributed by atoms with E-state index in [1.807, 2.05) is 37.2 Å². The topological polar surface area (TPSA) is 55.2 Å². The zero-order valence-corrected chi connectivity index (χ0v) is 11.6. The maximum absolute atomic E-state index is 12.0. The van der Waals surface area contributed by atoms with E-state index >= 15 is 0 Å². The van der Waals surface area contributed by atoms with Crippen LogP contribution < -0.4 is 10.5 Å². The minimum Gasteiger partial charge on any atom is -0.376 e. The highest BCUT2D eigenvalue weighted by Crippen LogP contribution is 2.05. The molecule has 0 N–H and O–H groups in total. The van der Waals surface area contributed by atoms with Gasteiger partial charge in [-0.3, -0.25) is 9.59 Å². The Morgan fingerprint density at radius 3 is 2.55 bits per heavy atom. The number of ketones is 1. The summed E-state index contributed by atoms with van der Waals surface area (Å²) in [6, 6.07) is 10.6. The Morgan fingerprint density at radius 2 is 1.95 bits per heavy atom. The number of anilines is 1. The first-order chi connectivity index (χ1) is 9.58. The van der Waals surface area contributed by atoms with E-state index in [4.69, 9.17) is 0 Å². The van der Waals surface area contributed by atoms with Crippen LogP contribution in [0.25, 0.3) is 0 Å². The number of benzene rings is 1. The lowest BCUT2D eigenvalue weighted by molar-refractivity contribution is 0.0975. The maximum Gasteiger partial charge on any atom is 0.268 e. The van der Waals surface area contributed by atoms with Crippen LogP contribution in [0.4, 0.5) is 5.69 Å². The number of hydrogen-bond acceptors (Lipinski definition) is 4. The lowest BCUT2D eigenvalue weighted by Gasteiger charge is -2.12. The van der Waals surface area contributed by atoms with Gasteiger partial charge in [0.25, 0.3) is 5.56 Å². The van der Waals surface area contributed by atoms with Gasteiger partial charge in [-0.25, -0.2) is 4.68 Å². The van der Waals surface area contributed by atoms with Crippen molar-refractivity contribution in [1.29, 1.82) is 0 Å². The van der Waals surface area contributed by atoms with Gasteiger partial charge >= 0.3 is 0 Å². The van der Waals surface area contributed by atoms with Crippen molar-refractivity contribution in [3.05, 3.63) is 58.5 Å². The molecule has 0 aliphatic carbocycles. The summed E-state index contributed by atoms with van der Waals surface area (Å²) in [6.07, 6.45) is 1.88. The summed E-state index contributed by atoms with van der Waals surface area (Å²) in [5.74, 6) is 0.0102. The van der Waals surface area contributed by atoms with Gasteiger partial charge in [0.1, 0.15) is 0 Å². The van der Waals surface area contributed by atoms with E-state index in [0.717, 1.165) is 5.69 Å². The molecule has 5 nitrogen and oxygen atoms in total. The monoisotopic (exact) mass is 271 g/mol. The van der Waals surface area contributed by atoms with Crippen molar-refractivity contribution in [1.82, 2.24) is 9.78 Å². The van der Waals surface area contributed by atoms with Crippen molar-refractivity contribution >= 4 is 11.5 Å². The van der Waals surface area contributed by atoms with Gasteiger partial charge in [-0.2, -0.15) is 5.10 Å². The summed E-state index contributed by atoms with van der Waals surface area (Å²) in [6.45, 7) is 0.292. The highest BCUT2D eigenvalue weighted by atomic mass is 16.1. The third-order valence-corrected chi connectivity index (χ3v) is 3.02. The molecular weight excluding hydrogens is 254 g/mol. The molecule has 1 heterocycles. The van der Waals surface area contributed by atoms with Crippen molar-refractivity contribution in [2.45, 2.75) is 13.0 Å². The van der Waals surface area contributed by atoms with Crippen LogP contribution >= 0.6 is 0 Å². The Morgan fingerprint density at radius 1 is 1.25 bits per heavy atom. The van der Waals surface area contributed by atoms with Crippen molar-refractivity contribution in [2.75, 3.05) is 19.0 Å². The Balaban J connectivity index is 2.05. The van der Waals surface area contributed by atoms with Gasteiger partial charge in [-0.05, 0) is 0 Å². The molecule has 104 valence electrons. The van der Waals surface area contributed by atoms with Gasteiger partial charge in [0.15, 0.2) is 5.78 Å². The fraction of sp³-hybridized carbons (Fsp3) is 0.267. The van der Waals surface area contributed by atoms with E-state index in [-0.39, 0.29) is 17.8 Å². The molecule has 2 rings (SSSR count). The molecule has 0 bridgehead atoms. The molecule has 2 aromatic rings. The fourth-order valence-corrected chi connectivity index (χ4v) is 1.81. The summed E-state index contributed by atoms with van der Waals surface area (Å²) < 4.78 is 1.31. The number of carbonyl (C=O) groups excluding carboxylic acids is 1. The van der Waals surface area contributed by atoms with Crippen LogP contribution in [0.15, 0.2) is 47.4 Å². The molecule has 0 spiro atoms. The molecule has 0 aliphatic rings. The Kier molecular flexibility index (Phi) is 4.30. The Labute approximate surface area is 117 Å². The second kappa shape index (κ2) is 6.14. The summed E-state index contributed by atoms with van der Waals surface area (Å²) in [4.78, 5) is 25.6. The summed E-state index contributed by atoms with van der Waals surface area (Å²) in [7, 11) is 3.69. The highest BCUT2D eigenvalue weighted by molar-refractivity contribution is 5.95. The van der Waals surface area contributed by atoms with Crippen LogP contribution in [0.3, 0.4) is 0 Å². The SMILES string of the molecule is CN(C)c1cnn(CCC(=O)c2ccccc2)c(=O)c1. The first kappa shape index (κ1) is 14.0. The molecule has 0 radical (unpaired) electrons. The molecule has 1 aromatic heterocycles. The minimum atomic E-state index is -0.197. The summed E-state index contributed by atoms with van der Waals surface area (Å²) >= 11 is 0. The van der Waals surface area contributed by atoms with Gasteiger partial charge in [0.2, 0.25) is 0 Å². The number of aromatic nitrogens is 2. The number of rotatable bonds is 5. The van der Waals surface area contributed by atoms with Crippen LogP contribution in [0.5, 0.6) is 0 Å². The quantitative estimate of drug-likeness (QED) is 0.775. The number of hydrogen-bond donors (Lipinski definition) is 0. The second-order valence-corrected chi connectivity index (χ2v) is 4.71. The minimum absolute atomic E-state index is 0.0102. The molecule has 0 unspecified atom stereocenters. The number of aryl methyl sites for hydroxylation is 1. The summed E-state index contributed by atoms with van der Waals surface area (Å²) in [5, 5.41) is 4.08. The molecule has 0 saturated heterocycles. The summed E-state index contributed by atoms with van der Waals surface area (Å²) in [5.41, 5.74) is 1.21. The van der Waals surface area contributed by atoms with Gasteiger partial charge < -0.3 is 4.90 Å². The molecule has 0 saturated carbocycles. The average molecular weight is 271 g/mol. The zero-order chi connectivity index (χ0) is 14.5. The van der Waals surface area contributed by atoms with Gasteiger partial charge in [-0.15, -0.1) is 0 Å². The highest BCUT2D eigenvalue weighted by Gasteiger charge is 2.07. The van der Waals surface area contributed by atoms with Gasteiger partial charge in [0, 0.05) is 32.1 Å². The van der Waals surface area contributed by atoms with Crippen molar-refractivity contribution in [3.63, 3.8) is 0 Å². The van der Waals surface area contributed by atoms with Gasteiger partial charge in [-0.1, -0.05) is 30.3 Å². The van der Waals surface area contributed by atoms with Gasteiger partial charge in [0.05, 0.1) is 18.4 Å². The van der Waals surface area contributed by atoms with Crippen molar-refractivity contribution in [3.8, 4) is 0 Å². The Hall–Kier alpha value is -2.43. The average Bonchev–Trinajstić information content (AvgIpc) is 2.46. The van der Waals surface area contributed by atoms with Crippen LogP contribution in [-0.2, 0) is 6.54 Å². The molecule has 5 heteroatoms. The van der Waals surface area contributed by atoms with E-state index in [2.05, 4.69) is 5.10 Å². The van der Waals surface area contributed by atoms with Crippen LogP contribution in [0.2, 0.25) is 0 Å². The first-order valence-electron chi connectivity index (χ1n) is 6.40. The predicted octanol–water partition coefficient (Wildman–Crippen LogP) is 1.58. The number of Topliss-reactive ketones (excluding diaryl/α,β-unsaturated/α-hetero) is 1. The number of nitrogens with zero attached hydrogens (tertiary/aromatic N) is 3. The number of carbonyl (C=O) groups is 1. The van der Waals surface area contributed by atoms with E-state index in [9.17, 15) is 9.59 Å².